The number of hydrogen-bond acceptors (Lipinski definition) is 8. The second-order valence-electron chi connectivity index (χ2n) is 15.2. The Bertz CT molecular complexity index is 1100. The molecule has 0 aromatic rings. The molecule has 44 heavy (non-hydrogen) atoms. The predicted molar refractivity (Wildman–Crippen MR) is 164 cm³/mol. The summed E-state index contributed by atoms with van der Waals surface area (Å²) in [7, 11) is 0. The Morgan fingerprint density at radius 1 is 1.00 bits per heavy atom. The number of alkyl halides is 1. The van der Waals surface area contributed by atoms with Gasteiger partial charge in [-0.1, -0.05) is 25.7 Å². The van der Waals surface area contributed by atoms with E-state index in [0.29, 0.717) is 30.3 Å². The zero-order valence-electron chi connectivity index (χ0n) is 26.2. The second-order valence-corrected chi connectivity index (χ2v) is 15.2. The largest absolute Gasteiger partial charge is 0.379 e. The SMILES string of the molecule is O=C(NCCCN1CCOCC1)C1=CN2C3CC4CCCCC4CC3OC3C(N4CC5CCCNC5C4)C(F)CC(C1=O)C32. The maximum absolute atomic E-state index is 16.5. The molecule has 8 rings (SSSR count). The summed E-state index contributed by atoms with van der Waals surface area (Å²) in [5.41, 5.74) is 0.227. The van der Waals surface area contributed by atoms with Crippen molar-refractivity contribution in [1.29, 1.82) is 0 Å². The molecular weight excluding hydrogens is 561 g/mol. The van der Waals surface area contributed by atoms with Crippen LogP contribution >= 0.6 is 0 Å². The van der Waals surface area contributed by atoms with E-state index < -0.39 is 12.1 Å². The van der Waals surface area contributed by atoms with E-state index in [1.165, 1.54) is 38.5 Å². The number of nitrogens with one attached hydrogen (secondary N) is 2. The van der Waals surface area contributed by atoms with Gasteiger partial charge in [-0.15, -0.1) is 0 Å². The van der Waals surface area contributed by atoms with Gasteiger partial charge in [-0.3, -0.25) is 19.4 Å². The Morgan fingerprint density at radius 3 is 2.61 bits per heavy atom. The van der Waals surface area contributed by atoms with Gasteiger partial charge in [0.05, 0.1) is 49.1 Å². The van der Waals surface area contributed by atoms with Crippen molar-refractivity contribution in [2.24, 2.45) is 23.7 Å². The van der Waals surface area contributed by atoms with E-state index in [-0.39, 0.29) is 54.0 Å². The fourth-order valence-corrected chi connectivity index (χ4v) is 10.6. The number of amides is 1. The number of piperidine rings is 1. The fourth-order valence-electron chi connectivity index (χ4n) is 10.6. The molecule has 3 saturated carbocycles. The molecule has 11 atom stereocenters. The van der Waals surface area contributed by atoms with Crippen molar-refractivity contribution >= 4 is 11.7 Å². The molecule has 0 aromatic heterocycles. The van der Waals surface area contributed by atoms with Crippen LogP contribution in [0.1, 0.15) is 64.2 Å². The number of ether oxygens (including phenoxy) is 2. The number of ketones is 1. The molecule has 5 heterocycles. The highest BCUT2D eigenvalue weighted by atomic mass is 19.1. The lowest BCUT2D eigenvalue weighted by atomic mass is 9.64. The topological polar surface area (TPSA) is 86.4 Å². The number of hydrogen-bond donors (Lipinski definition) is 2. The number of halogens is 1. The van der Waals surface area contributed by atoms with Crippen molar-refractivity contribution in [3.8, 4) is 0 Å². The average Bonchev–Trinajstić information content (AvgIpc) is 3.47. The summed E-state index contributed by atoms with van der Waals surface area (Å²) in [6.45, 7) is 7.58. The molecule has 0 radical (unpaired) electrons. The molecule has 2 N–H and O–H groups in total. The van der Waals surface area contributed by atoms with Crippen molar-refractivity contribution in [3.05, 3.63) is 11.8 Å². The lowest BCUT2D eigenvalue weighted by Crippen LogP contribution is -2.73. The number of carbonyl (C=O) groups excluding carboxylic acids is 2. The van der Waals surface area contributed by atoms with Crippen LogP contribution in [-0.2, 0) is 19.1 Å². The second kappa shape index (κ2) is 12.5. The van der Waals surface area contributed by atoms with Gasteiger partial charge < -0.3 is 25.0 Å². The molecule has 0 aromatic carbocycles. The van der Waals surface area contributed by atoms with Gasteiger partial charge >= 0.3 is 0 Å². The lowest BCUT2D eigenvalue weighted by Gasteiger charge is -2.61. The molecule has 4 saturated heterocycles. The van der Waals surface area contributed by atoms with Gasteiger partial charge in [0.2, 0.25) is 0 Å². The van der Waals surface area contributed by atoms with Crippen LogP contribution in [0, 0.1) is 23.7 Å². The molecular formula is C34H52FN5O4. The van der Waals surface area contributed by atoms with Crippen molar-refractivity contribution in [2.75, 3.05) is 59.0 Å². The Labute approximate surface area is 261 Å². The lowest BCUT2D eigenvalue weighted by molar-refractivity contribution is -0.219. The molecule has 5 aliphatic heterocycles. The summed E-state index contributed by atoms with van der Waals surface area (Å²) >= 11 is 0. The Hall–Kier alpha value is -1.59. The zero-order chi connectivity index (χ0) is 29.8. The van der Waals surface area contributed by atoms with Crippen LogP contribution < -0.4 is 10.6 Å². The Morgan fingerprint density at radius 2 is 1.80 bits per heavy atom. The third kappa shape index (κ3) is 5.44. The van der Waals surface area contributed by atoms with Crippen LogP contribution in [0.5, 0.6) is 0 Å². The Kier molecular flexibility index (Phi) is 8.50. The van der Waals surface area contributed by atoms with Crippen LogP contribution in [0.2, 0.25) is 0 Å². The summed E-state index contributed by atoms with van der Waals surface area (Å²) in [5, 5.41) is 6.74. The monoisotopic (exact) mass is 613 g/mol. The van der Waals surface area contributed by atoms with Crippen molar-refractivity contribution in [2.45, 2.75) is 107 Å². The van der Waals surface area contributed by atoms with Gasteiger partial charge in [0.25, 0.3) is 5.91 Å². The van der Waals surface area contributed by atoms with Gasteiger partial charge in [-0.2, -0.15) is 0 Å². The third-order valence-electron chi connectivity index (χ3n) is 12.8. The summed E-state index contributed by atoms with van der Waals surface area (Å²) in [6.07, 6.45) is 11.0. The van der Waals surface area contributed by atoms with E-state index in [2.05, 4.69) is 25.3 Å². The van der Waals surface area contributed by atoms with Crippen molar-refractivity contribution in [3.63, 3.8) is 0 Å². The van der Waals surface area contributed by atoms with Gasteiger partial charge in [-0.25, -0.2) is 4.39 Å². The minimum Gasteiger partial charge on any atom is -0.379 e. The van der Waals surface area contributed by atoms with Crippen LogP contribution in [0.25, 0.3) is 0 Å². The minimum atomic E-state index is -1.15. The number of fused-ring (bicyclic) bond motifs is 4. The smallest absolute Gasteiger partial charge is 0.256 e. The number of rotatable bonds is 6. The van der Waals surface area contributed by atoms with Gasteiger partial charge in [-0.05, 0) is 69.4 Å². The first kappa shape index (κ1) is 29.8. The molecule has 10 heteroatoms. The zero-order valence-corrected chi connectivity index (χ0v) is 26.2. The van der Waals surface area contributed by atoms with Crippen LogP contribution in [0.15, 0.2) is 11.8 Å². The molecule has 0 spiro atoms. The minimum absolute atomic E-state index is 0.0225. The van der Waals surface area contributed by atoms with E-state index in [1.807, 2.05) is 6.20 Å². The number of morpholine rings is 2. The standard InChI is InChI=1S/C34H52FN5O4/c35-26-17-24-30-33(31(26)39-18-23-7-3-8-36-27(23)20-39)44-29-16-22-6-2-1-5-21(22)15-28(29)40(30)19-25(32(24)41)34(42)37-9-4-10-38-11-13-43-14-12-38/h19,21-24,26-31,33,36H,1-18,20H2,(H,37,42). The molecule has 3 aliphatic carbocycles. The summed E-state index contributed by atoms with van der Waals surface area (Å²) in [6, 6.07) is 0.0301. The highest BCUT2D eigenvalue weighted by Crippen LogP contribution is 2.51. The molecule has 8 aliphatic rings. The molecule has 0 bridgehead atoms. The number of likely N-dealkylation sites (tertiary alicyclic amines) is 1. The normalized spacial score (nSPS) is 44.2. The van der Waals surface area contributed by atoms with Gasteiger partial charge in [0.15, 0.2) is 5.78 Å². The fraction of sp³-hybridized carbons (Fsp3) is 0.882. The quantitative estimate of drug-likeness (QED) is 0.348. The molecule has 244 valence electrons. The van der Waals surface area contributed by atoms with E-state index in [4.69, 9.17) is 9.47 Å². The molecule has 1 amide bonds. The van der Waals surface area contributed by atoms with Crippen molar-refractivity contribution in [1.82, 2.24) is 25.3 Å². The first-order valence-corrected chi connectivity index (χ1v) is 17.9. The molecule has 7 fully saturated rings. The van der Waals surface area contributed by atoms with Gasteiger partial charge in [0.1, 0.15) is 6.17 Å². The molecule has 11 unspecified atom stereocenters. The highest BCUT2D eigenvalue weighted by molar-refractivity contribution is 6.20. The first-order chi connectivity index (χ1) is 21.5. The maximum Gasteiger partial charge on any atom is 0.256 e. The van der Waals surface area contributed by atoms with Crippen molar-refractivity contribution < 1.29 is 23.5 Å². The first-order valence-electron chi connectivity index (χ1n) is 17.9. The highest BCUT2D eigenvalue weighted by Gasteiger charge is 2.61. The third-order valence-corrected chi connectivity index (χ3v) is 12.8. The summed E-state index contributed by atoms with van der Waals surface area (Å²) < 4.78 is 29.0. The number of carbonyl (C=O) groups is 2. The predicted octanol–water partition coefficient (Wildman–Crippen LogP) is 2.11. The number of nitrogens with zero attached hydrogens (tertiary/aromatic N) is 3. The van der Waals surface area contributed by atoms with Gasteiger partial charge in [0, 0.05) is 50.9 Å². The summed E-state index contributed by atoms with van der Waals surface area (Å²) in [5.74, 6) is 0.877. The van der Waals surface area contributed by atoms with E-state index in [0.717, 1.165) is 71.7 Å². The Balaban J connectivity index is 1.04. The average molecular weight is 614 g/mol. The summed E-state index contributed by atoms with van der Waals surface area (Å²) in [4.78, 5) is 34.7. The van der Waals surface area contributed by atoms with Crippen LogP contribution in [0.3, 0.4) is 0 Å². The van der Waals surface area contributed by atoms with Crippen LogP contribution in [0.4, 0.5) is 4.39 Å². The van der Waals surface area contributed by atoms with E-state index in [9.17, 15) is 9.59 Å². The number of Topliss-reactive ketones (excluding diaryl/α,β-unsaturated/α-hetero) is 1. The van der Waals surface area contributed by atoms with E-state index >= 15 is 4.39 Å². The van der Waals surface area contributed by atoms with Crippen LogP contribution in [-0.4, -0.2) is 128 Å². The maximum atomic E-state index is 16.5. The molecule has 9 nitrogen and oxygen atoms in total. The van der Waals surface area contributed by atoms with E-state index in [1.54, 1.807) is 0 Å².